The number of aromatic amines is 1. The second-order valence-corrected chi connectivity index (χ2v) is 4.50. The van der Waals surface area contributed by atoms with Crippen LogP contribution in [0.5, 0.6) is 5.88 Å². The van der Waals surface area contributed by atoms with Gasteiger partial charge in [0.2, 0.25) is 11.7 Å². The van der Waals surface area contributed by atoms with Gasteiger partial charge in [-0.25, -0.2) is 0 Å². The molecule has 84 valence electrons. The number of rotatable bonds is 2. The Morgan fingerprint density at radius 2 is 2.24 bits per heavy atom. The molecule has 0 aliphatic rings. The van der Waals surface area contributed by atoms with Crippen LogP contribution < -0.4 is 0 Å². The summed E-state index contributed by atoms with van der Waals surface area (Å²) in [7, 11) is 0. The molecule has 0 unspecified atom stereocenters. The maximum Gasteiger partial charge on any atom is 0.210 e. The monoisotopic (exact) mass is 244 g/mol. The molecule has 4 nitrogen and oxygen atoms in total. The zero-order valence-electron chi connectivity index (χ0n) is 8.68. The largest absolute Gasteiger partial charge is 0.494 e. The Hall–Kier alpha value is -2.14. The van der Waals surface area contributed by atoms with Crippen molar-refractivity contribution >= 4 is 28.2 Å². The summed E-state index contributed by atoms with van der Waals surface area (Å²) in [6.07, 6.45) is 1.60. The van der Waals surface area contributed by atoms with E-state index in [1.807, 2.05) is 5.38 Å². The number of aromatic hydroxyl groups is 1. The van der Waals surface area contributed by atoms with Gasteiger partial charge in [-0.2, -0.15) is 0 Å². The first kappa shape index (κ1) is 10.0. The van der Waals surface area contributed by atoms with E-state index in [4.69, 9.17) is 0 Å². The van der Waals surface area contributed by atoms with E-state index in [0.29, 0.717) is 15.9 Å². The van der Waals surface area contributed by atoms with E-state index < -0.39 is 0 Å². The normalized spacial score (nSPS) is 10.8. The van der Waals surface area contributed by atoms with Crippen molar-refractivity contribution in [3.63, 3.8) is 0 Å². The highest BCUT2D eigenvalue weighted by molar-refractivity contribution is 7.12. The molecule has 3 aromatic heterocycles. The van der Waals surface area contributed by atoms with Crippen molar-refractivity contribution in [2.24, 2.45) is 0 Å². The predicted molar refractivity (Wildman–Crippen MR) is 65.5 cm³/mol. The number of pyridine rings is 1. The Morgan fingerprint density at radius 1 is 1.35 bits per heavy atom. The van der Waals surface area contributed by atoms with Crippen LogP contribution in [-0.2, 0) is 0 Å². The van der Waals surface area contributed by atoms with Crippen LogP contribution in [-0.4, -0.2) is 20.9 Å². The molecule has 2 N–H and O–H groups in total. The number of carbonyl (C=O) groups is 1. The van der Waals surface area contributed by atoms with Crippen molar-refractivity contribution in [3.8, 4) is 5.88 Å². The van der Waals surface area contributed by atoms with Gasteiger partial charge in [0.05, 0.1) is 10.4 Å². The molecule has 0 aromatic carbocycles. The van der Waals surface area contributed by atoms with E-state index in [-0.39, 0.29) is 17.2 Å². The lowest BCUT2D eigenvalue weighted by Crippen LogP contribution is -1.98. The van der Waals surface area contributed by atoms with E-state index in [1.54, 1.807) is 30.5 Å². The number of hydrogen-bond acceptors (Lipinski definition) is 4. The molecule has 0 fully saturated rings. The van der Waals surface area contributed by atoms with Gasteiger partial charge in [-0.1, -0.05) is 6.07 Å². The molecule has 0 atom stereocenters. The first-order valence-electron chi connectivity index (χ1n) is 5.01. The number of aromatic nitrogens is 2. The predicted octanol–water partition coefficient (Wildman–Crippen LogP) is 2.56. The SMILES string of the molecule is O=C(c1cccs1)c1c(O)[nH]c2cccnc12. The van der Waals surface area contributed by atoms with E-state index in [2.05, 4.69) is 9.97 Å². The van der Waals surface area contributed by atoms with Crippen LogP contribution in [0.1, 0.15) is 15.2 Å². The summed E-state index contributed by atoms with van der Waals surface area (Å²) >= 11 is 1.34. The van der Waals surface area contributed by atoms with Gasteiger partial charge in [0, 0.05) is 6.20 Å². The van der Waals surface area contributed by atoms with E-state index in [1.165, 1.54) is 11.3 Å². The Labute approximate surface area is 101 Å². The molecule has 0 amide bonds. The van der Waals surface area contributed by atoms with Gasteiger partial charge in [-0.15, -0.1) is 11.3 Å². The maximum atomic E-state index is 12.2. The molecular weight excluding hydrogens is 236 g/mol. The summed E-state index contributed by atoms with van der Waals surface area (Å²) in [5, 5.41) is 11.6. The highest BCUT2D eigenvalue weighted by Gasteiger charge is 2.21. The van der Waals surface area contributed by atoms with Crippen LogP contribution in [0.4, 0.5) is 0 Å². The van der Waals surface area contributed by atoms with Crippen LogP contribution in [0.15, 0.2) is 35.8 Å². The van der Waals surface area contributed by atoms with Crippen LogP contribution in [0, 0.1) is 0 Å². The van der Waals surface area contributed by atoms with Crippen molar-refractivity contribution in [2.75, 3.05) is 0 Å². The average molecular weight is 244 g/mol. The second kappa shape index (κ2) is 3.71. The molecule has 0 aliphatic carbocycles. The lowest BCUT2D eigenvalue weighted by atomic mass is 10.1. The molecule has 0 bridgehead atoms. The van der Waals surface area contributed by atoms with Gasteiger partial charge in [-0.3, -0.25) is 9.78 Å². The summed E-state index contributed by atoms with van der Waals surface area (Å²) in [5.41, 5.74) is 1.40. The fourth-order valence-corrected chi connectivity index (χ4v) is 2.42. The van der Waals surface area contributed by atoms with Crippen LogP contribution in [0.2, 0.25) is 0 Å². The third-order valence-corrected chi connectivity index (χ3v) is 3.38. The number of nitrogens with one attached hydrogen (secondary N) is 1. The standard InChI is InChI=1S/C12H8N2O2S/c15-11(8-4-2-6-17-8)9-10-7(14-12(9)16)3-1-5-13-10/h1-6,14,16H. The van der Waals surface area contributed by atoms with Crippen LogP contribution in [0.3, 0.4) is 0 Å². The van der Waals surface area contributed by atoms with Crippen LogP contribution >= 0.6 is 11.3 Å². The fraction of sp³-hybridized carbons (Fsp3) is 0. The number of hydrogen-bond donors (Lipinski definition) is 2. The second-order valence-electron chi connectivity index (χ2n) is 3.55. The minimum absolute atomic E-state index is 0.128. The maximum absolute atomic E-state index is 12.2. The smallest absolute Gasteiger partial charge is 0.210 e. The van der Waals surface area contributed by atoms with Crippen molar-refractivity contribution in [2.45, 2.75) is 0 Å². The van der Waals surface area contributed by atoms with Crippen molar-refractivity contribution in [1.29, 1.82) is 0 Å². The Morgan fingerprint density at radius 3 is 3.00 bits per heavy atom. The van der Waals surface area contributed by atoms with E-state index >= 15 is 0 Å². The van der Waals surface area contributed by atoms with Gasteiger partial charge in [0.1, 0.15) is 11.1 Å². The van der Waals surface area contributed by atoms with Gasteiger partial charge >= 0.3 is 0 Å². The van der Waals surface area contributed by atoms with Gasteiger partial charge in [0.25, 0.3) is 0 Å². The molecule has 0 saturated carbocycles. The number of ketones is 1. The van der Waals surface area contributed by atoms with E-state index in [9.17, 15) is 9.90 Å². The highest BCUT2D eigenvalue weighted by atomic mass is 32.1. The molecule has 3 rings (SSSR count). The number of thiophene rings is 1. The Kier molecular flexibility index (Phi) is 2.19. The van der Waals surface area contributed by atoms with Gasteiger partial charge in [-0.05, 0) is 23.6 Å². The van der Waals surface area contributed by atoms with Crippen LogP contribution in [0.25, 0.3) is 11.0 Å². The summed E-state index contributed by atoms with van der Waals surface area (Å²) in [5.74, 6) is -0.334. The van der Waals surface area contributed by atoms with Crippen molar-refractivity contribution in [3.05, 3.63) is 46.3 Å². The van der Waals surface area contributed by atoms with Gasteiger partial charge < -0.3 is 10.1 Å². The molecule has 0 saturated heterocycles. The number of carbonyl (C=O) groups excluding carboxylic acids is 1. The quantitative estimate of drug-likeness (QED) is 0.681. The molecule has 3 aromatic rings. The van der Waals surface area contributed by atoms with Crippen molar-refractivity contribution in [1.82, 2.24) is 9.97 Å². The summed E-state index contributed by atoms with van der Waals surface area (Å²) in [6.45, 7) is 0. The zero-order chi connectivity index (χ0) is 11.8. The van der Waals surface area contributed by atoms with Crippen molar-refractivity contribution < 1.29 is 9.90 Å². The Bertz CT molecular complexity index is 686. The molecule has 17 heavy (non-hydrogen) atoms. The summed E-state index contributed by atoms with van der Waals surface area (Å²) < 4.78 is 0. The lowest BCUT2D eigenvalue weighted by molar-refractivity contribution is 0.104. The first-order valence-corrected chi connectivity index (χ1v) is 5.89. The third-order valence-electron chi connectivity index (χ3n) is 2.51. The average Bonchev–Trinajstić information content (AvgIpc) is 2.94. The summed E-state index contributed by atoms with van der Waals surface area (Å²) in [6, 6.07) is 7.05. The number of H-pyrrole nitrogens is 1. The zero-order valence-corrected chi connectivity index (χ0v) is 9.49. The minimum Gasteiger partial charge on any atom is -0.494 e. The lowest BCUT2D eigenvalue weighted by Gasteiger charge is -1.95. The topological polar surface area (TPSA) is 66.0 Å². The highest BCUT2D eigenvalue weighted by Crippen LogP contribution is 2.28. The van der Waals surface area contributed by atoms with E-state index in [0.717, 1.165) is 0 Å². The number of fused-ring (bicyclic) bond motifs is 1. The molecule has 0 spiro atoms. The number of nitrogens with zero attached hydrogens (tertiary/aromatic N) is 1. The summed E-state index contributed by atoms with van der Waals surface area (Å²) in [4.78, 5) is 19.7. The van der Waals surface area contributed by atoms with Gasteiger partial charge in [0.15, 0.2) is 0 Å². The minimum atomic E-state index is -0.206. The molecule has 0 radical (unpaired) electrons. The fourth-order valence-electron chi connectivity index (χ4n) is 1.75. The Balaban J connectivity index is 2.24. The molecule has 5 heteroatoms. The molecule has 0 aliphatic heterocycles. The first-order chi connectivity index (χ1) is 8.27. The molecule has 3 heterocycles. The molecular formula is C12H8N2O2S. The third kappa shape index (κ3) is 1.52.